The van der Waals surface area contributed by atoms with Crippen molar-refractivity contribution in [1.82, 2.24) is 14.7 Å². The highest BCUT2D eigenvalue weighted by Crippen LogP contribution is 2.32. The van der Waals surface area contributed by atoms with Crippen LogP contribution in [-0.4, -0.2) is 79.0 Å². The van der Waals surface area contributed by atoms with E-state index in [0.717, 1.165) is 44.6 Å². The van der Waals surface area contributed by atoms with E-state index in [4.69, 9.17) is 4.74 Å². The number of morpholine rings is 1. The van der Waals surface area contributed by atoms with Gasteiger partial charge in [-0.25, -0.2) is 0 Å². The molecule has 27 heavy (non-hydrogen) atoms. The quantitative estimate of drug-likeness (QED) is 0.738. The van der Waals surface area contributed by atoms with Crippen molar-refractivity contribution >= 4 is 17.4 Å². The third-order valence-electron chi connectivity index (χ3n) is 5.62. The van der Waals surface area contributed by atoms with E-state index in [9.17, 15) is 9.59 Å². The van der Waals surface area contributed by atoms with Gasteiger partial charge in [0.25, 0.3) is 11.8 Å². The Morgan fingerprint density at radius 1 is 0.815 bits per heavy atom. The maximum absolute atomic E-state index is 13.2. The van der Waals surface area contributed by atoms with E-state index < -0.39 is 0 Å². The average molecular weight is 369 g/mol. The lowest BCUT2D eigenvalue weighted by Crippen LogP contribution is -2.44. The second-order valence-corrected chi connectivity index (χ2v) is 7.35. The standard InChI is InChI=1S/C21H27N3O3/c25-20-18(17-7-3-1-4-8-17)19(23-9-5-2-6-10-23)21(26)24(20)12-11-22-13-15-27-16-14-22/h1,3-4,7-8H,2,5-6,9-16H2. The Labute approximate surface area is 160 Å². The van der Waals surface area contributed by atoms with E-state index in [0.29, 0.717) is 37.6 Å². The van der Waals surface area contributed by atoms with Crippen LogP contribution in [0.2, 0.25) is 0 Å². The zero-order chi connectivity index (χ0) is 18.6. The number of imide groups is 1. The normalized spacial score (nSPS) is 22.1. The Balaban J connectivity index is 1.58. The van der Waals surface area contributed by atoms with Crippen molar-refractivity contribution in [1.29, 1.82) is 0 Å². The summed E-state index contributed by atoms with van der Waals surface area (Å²) in [6.07, 6.45) is 3.33. The molecule has 144 valence electrons. The summed E-state index contributed by atoms with van der Waals surface area (Å²) < 4.78 is 5.38. The summed E-state index contributed by atoms with van der Waals surface area (Å²) in [5.41, 5.74) is 2.02. The lowest BCUT2D eigenvalue weighted by Gasteiger charge is -2.30. The summed E-state index contributed by atoms with van der Waals surface area (Å²) in [7, 11) is 0. The number of ether oxygens (including phenoxy) is 1. The minimum atomic E-state index is -0.153. The van der Waals surface area contributed by atoms with E-state index in [1.54, 1.807) is 0 Å². The van der Waals surface area contributed by atoms with E-state index >= 15 is 0 Å². The van der Waals surface area contributed by atoms with Crippen molar-refractivity contribution in [3.05, 3.63) is 41.6 Å². The van der Waals surface area contributed by atoms with Gasteiger partial charge in [-0.1, -0.05) is 30.3 Å². The highest BCUT2D eigenvalue weighted by molar-refractivity contribution is 6.35. The van der Waals surface area contributed by atoms with E-state index in [1.807, 2.05) is 30.3 Å². The molecule has 0 bridgehead atoms. The first-order valence-corrected chi connectivity index (χ1v) is 9.96. The largest absolute Gasteiger partial charge is 0.379 e. The number of likely N-dealkylation sites (tertiary alicyclic amines) is 1. The fourth-order valence-electron chi connectivity index (χ4n) is 4.11. The van der Waals surface area contributed by atoms with Gasteiger partial charge in [0.15, 0.2) is 0 Å². The summed E-state index contributed by atoms with van der Waals surface area (Å²) in [6, 6.07) is 9.63. The molecule has 0 radical (unpaired) electrons. The molecule has 2 fully saturated rings. The van der Waals surface area contributed by atoms with Crippen LogP contribution in [0.1, 0.15) is 24.8 Å². The molecule has 3 heterocycles. The molecule has 0 unspecified atom stereocenters. The highest BCUT2D eigenvalue weighted by atomic mass is 16.5. The fraction of sp³-hybridized carbons (Fsp3) is 0.524. The SMILES string of the molecule is O=C1C(c2ccccc2)=C(N2CCCCC2)C(=O)N1CCN1CCOCC1. The van der Waals surface area contributed by atoms with Crippen molar-refractivity contribution in [2.75, 3.05) is 52.5 Å². The van der Waals surface area contributed by atoms with Gasteiger partial charge < -0.3 is 9.64 Å². The summed E-state index contributed by atoms with van der Waals surface area (Å²) in [5, 5.41) is 0. The summed E-state index contributed by atoms with van der Waals surface area (Å²) in [4.78, 5) is 32.3. The number of rotatable bonds is 5. The van der Waals surface area contributed by atoms with Crippen LogP contribution in [0.5, 0.6) is 0 Å². The number of carbonyl (C=O) groups excluding carboxylic acids is 2. The van der Waals surface area contributed by atoms with Crippen molar-refractivity contribution < 1.29 is 14.3 Å². The minimum absolute atomic E-state index is 0.131. The second-order valence-electron chi connectivity index (χ2n) is 7.35. The van der Waals surface area contributed by atoms with Crippen LogP contribution >= 0.6 is 0 Å². The van der Waals surface area contributed by atoms with E-state index in [2.05, 4.69) is 9.80 Å². The molecule has 0 atom stereocenters. The molecule has 0 saturated carbocycles. The third kappa shape index (κ3) is 3.77. The van der Waals surface area contributed by atoms with Crippen LogP contribution in [0.3, 0.4) is 0 Å². The number of amides is 2. The number of nitrogens with zero attached hydrogens (tertiary/aromatic N) is 3. The van der Waals surface area contributed by atoms with Crippen LogP contribution in [0.25, 0.3) is 5.57 Å². The molecular formula is C21H27N3O3. The van der Waals surface area contributed by atoms with Crippen molar-refractivity contribution in [2.45, 2.75) is 19.3 Å². The topological polar surface area (TPSA) is 53.1 Å². The predicted molar refractivity (Wildman–Crippen MR) is 103 cm³/mol. The van der Waals surface area contributed by atoms with Crippen LogP contribution < -0.4 is 0 Å². The molecule has 1 aromatic rings. The molecular weight excluding hydrogens is 342 g/mol. The van der Waals surface area contributed by atoms with Gasteiger partial charge >= 0.3 is 0 Å². The Morgan fingerprint density at radius 2 is 1.52 bits per heavy atom. The fourth-order valence-corrected chi connectivity index (χ4v) is 4.11. The van der Waals surface area contributed by atoms with Crippen molar-refractivity contribution in [3.8, 4) is 0 Å². The Morgan fingerprint density at radius 3 is 2.22 bits per heavy atom. The first-order valence-electron chi connectivity index (χ1n) is 9.96. The smallest absolute Gasteiger partial charge is 0.277 e. The molecule has 2 amide bonds. The number of hydrogen-bond acceptors (Lipinski definition) is 5. The monoisotopic (exact) mass is 369 g/mol. The molecule has 0 aliphatic carbocycles. The van der Waals surface area contributed by atoms with Crippen molar-refractivity contribution in [3.63, 3.8) is 0 Å². The van der Waals surface area contributed by atoms with Gasteiger partial charge in [-0.2, -0.15) is 0 Å². The summed E-state index contributed by atoms with van der Waals surface area (Å²) in [5.74, 6) is -0.283. The zero-order valence-corrected chi connectivity index (χ0v) is 15.7. The van der Waals surface area contributed by atoms with Crippen LogP contribution in [-0.2, 0) is 14.3 Å². The number of benzene rings is 1. The van der Waals surface area contributed by atoms with Gasteiger partial charge in [0.2, 0.25) is 0 Å². The molecule has 3 aliphatic rings. The van der Waals surface area contributed by atoms with Gasteiger partial charge in [-0.3, -0.25) is 19.4 Å². The van der Waals surface area contributed by atoms with Gasteiger partial charge in [-0.05, 0) is 24.8 Å². The number of carbonyl (C=O) groups is 2. The molecule has 4 rings (SSSR count). The lowest BCUT2D eigenvalue weighted by molar-refractivity contribution is -0.138. The molecule has 0 N–H and O–H groups in total. The van der Waals surface area contributed by atoms with E-state index in [-0.39, 0.29) is 11.8 Å². The maximum Gasteiger partial charge on any atom is 0.277 e. The molecule has 0 spiro atoms. The predicted octanol–water partition coefficient (Wildman–Crippen LogP) is 1.58. The van der Waals surface area contributed by atoms with Gasteiger partial charge in [0.05, 0.1) is 18.8 Å². The van der Waals surface area contributed by atoms with Crippen LogP contribution in [0.4, 0.5) is 0 Å². The number of hydrogen-bond donors (Lipinski definition) is 0. The Hall–Kier alpha value is -2.18. The van der Waals surface area contributed by atoms with Crippen LogP contribution in [0.15, 0.2) is 36.0 Å². The summed E-state index contributed by atoms with van der Waals surface area (Å²) >= 11 is 0. The second kappa shape index (κ2) is 8.23. The molecule has 3 aliphatic heterocycles. The highest BCUT2D eigenvalue weighted by Gasteiger charge is 2.41. The third-order valence-corrected chi connectivity index (χ3v) is 5.62. The Bertz CT molecular complexity index is 719. The van der Waals surface area contributed by atoms with Gasteiger partial charge in [0, 0.05) is 39.3 Å². The first kappa shape index (κ1) is 18.2. The molecule has 6 heteroatoms. The van der Waals surface area contributed by atoms with Crippen molar-refractivity contribution in [2.24, 2.45) is 0 Å². The van der Waals surface area contributed by atoms with Gasteiger partial charge in [-0.15, -0.1) is 0 Å². The van der Waals surface area contributed by atoms with Gasteiger partial charge in [0.1, 0.15) is 5.70 Å². The summed E-state index contributed by atoms with van der Waals surface area (Å²) in [6.45, 7) is 5.98. The molecule has 2 saturated heterocycles. The molecule has 0 aromatic heterocycles. The van der Waals surface area contributed by atoms with Crippen LogP contribution in [0, 0.1) is 0 Å². The average Bonchev–Trinajstić information content (AvgIpc) is 2.98. The first-order chi connectivity index (χ1) is 13.3. The molecule has 1 aromatic carbocycles. The van der Waals surface area contributed by atoms with E-state index in [1.165, 1.54) is 11.3 Å². The minimum Gasteiger partial charge on any atom is -0.379 e. The molecule has 6 nitrogen and oxygen atoms in total. The lowest BCUT2D eigenvalue weighted by atomic mass is 10.0. The maximum atomic E-state index is 13.2. The number of piperidine rings is 1. The zero-order valence-electron chi connectivity index (χ0n) is 15.7. The Kier molecular flexibility index (Phi) is 5.55.